The van der Waals surface area contributed by atoms with Crippen LogP contribution in [0.15, 0.2) is 95.4 Å². The summed E-state index contributed by atoms with van der Waals surface area (Å²) in [5.74, 6) is -0.00610. The fraction of sp³-hybridized carbons (Fsp3) is 0.200. The largest absolute Gasteiger partial charge is 0.378 e. The normalized spacial score (nSPS) is 13.8. The van der Waals surface area contributed by atoms with E-state index in [1.54, 1.807) is 23.2 Å². The molecule has 0 bridgehead atoms. The van der Waals surface area contributed by atoms with Crippen molar-refractivity contribution in [2.24, 2.45) is 0 Å². The summed E-state index contributed by atoms with van der Waals surface area (Å²) in [5, 5.41) is 9.95. The molecule has 0 aliphatic carbocycles. The highest BCUT2D eigenvalue weighted by Gasteiger charge is 2.24. The molecule has 1 fully saturated rings. The van der Waals surface area contributed by atoms with Crippen LogP contribution in [0.1, 0.15) is 16.7 Å². The van der Waals surface area contributed by atoms with Gasteiger partial charge in [0.05, 0.1) is 18.8 Å². The maximum absolute atomic E-state index is 13.8. The molecule has 3 heterocycles. The Labute approximate surface area is 220 Å². The number of amides is 1. The second kappa shape index (κ2) is 11.5. The van der Waals surface area contributed by atoms with Crippen LogP contribution in [-0.2, 0) is 22.6 Å². The molecule has 1 amide bonds. The number of nitrogens with zero attached hydrogens (tertiary/aromatic N) is 5. The summed E-state index contributed by atoms with van der Waals surface area (Å²) >= 11 is 0. The Bertz CT molecular complexity index is 1510. The first-order chi connectivity index (χ1) is 18.6. The minimum absolute atomic E-state index is 0.109. The number of rotatable bonds is 7. The fourth-order valence-corrected chi connectivity index (χ4v) is 4.49. The van der Waals surface area contributed by atoms with Crippen molar-refractivity contribution in [1.82, 2.24) is 14.3 Å². The van der Waals surface area contributed by atoms with Gasteiger partial charge in [-0.05, 0) is 29.3 Å². The van der Waals surface area contributed by atoms with Gasteiger partial charge in [0, 0.05) is 32.4 Å². The third-order valence-corrected chi connectivity index (χ3v) is 6.42. The van der Waals surface area contributed by atoms with Crippen LogP contribution in [-0.4, -0.2) is 46.5 Å². The third-order valence-electron chi connectivity index (χ3n) is 6.42. The summed E-state index contributed by atoms with van der Waals surface area (Å²) < 4.78 is 6.78. The van der Waals surface area contributed by atoms with Gasteiger partial charge in [0.2, 0.25) is 0 Å². The molecule has 4 aromatic rings. The number of carbonyl (C=O) groups excluding carboxylic acids is 1. The zero-order valence-corrected chi connectivity index (χ0v) is 20.9. The molecule has 1 saturated heterocycles. The van der Waals surface area contributed by atoms with Gasteiger partial charge in [-0.25, -0.2) is 4.98 Å². The zero-order valence-electron chi connectivity index (χ0n) is 20.9. The lowest BCUT2D eigenvalue weighted by atomic mass is 10.1. The smallest absolute Gasteiger partial charge is 0.267 e. The van der Waals surface area contributed by atoms with Crippen molar-refractivity contribution >= 4 is 23.4 Å². The van der Waals surface area contributed by atoms with Crippen LogP contribution >= 0.6 is 0 Å². The Morgan fingerprint density at radius 1 is 0.947 bits per heavy atom. The average molecular weight is 506 g/mol. The Hall–Kier alpha value is -4.74. The van der Waals surface area contributed by atoms with Crippen molar-refractivity contribution in [2.45, 2.75) is 13.1 Å². The van der Waals surface area contributed by atoms with E-state index in [4.69, 9.17) is 9.72 Å². The summed E-state index contributed by atoms with van der Waals surface area (Å²) in [6.07, 6.45) is 3.03. The van der Waals surface area contributed by atoms with Crippen molar-refractivity contribution < 1.29 is 9.53 Å². The number of hydrogen-bond acceptors (Lipinski definition) is 6. The standard InChI is InChI=1S/C30H27N5O3/c31-20-25(29(36)33-15-17-38-18-16-33)19-26-28(32-27-13-7-8-14-35(27)30(26)37)34(21-23-9-3-1-4-10-23)22-24-11-5-2-6-12-24/h1-14,19H,15-18,21-22H2/b25-19+. The van der Waals surface area contributed by atoms with Gasteiger partial charge in [-0.3, -0.25) is 14.0 Å². The molecule has 2 aromatic carbocycles. The Balaban J connectivity index is 1.67. The Kier molecular flexibility index (Phi) is 7.57. The van der Waals surface area contributed by atoms with Crippen LogP contribution in [0.2, 0.25) is 0 Å². The molecule has 5 rings (SSSR count). The van der Waals surface area contributed by atoms with E-state index >= 15 is 0 Å². The van der Waals surface area contributed by atoms with Gasteiger partial charge in [-0.1, -0.05) is 66.7 Å². The molecule has 1 aliphatic rings. The summed E-state index contributed by atoms with van der Waals surface area (Å²) in [4.78, 5) is 35.5. The van der Waals surface area contributed by atoms with Gasteiger partial charge in [-0.15, -0.1) is 0 Å². The highest BCUT2D eigenvalue weighted by molar-refractivity contribution is 6.02. The van der Waals surface area contributed by atoms with Crippen LogP contribution in [0.5, 0.6) is 0 Å². The van der Waals surface area contributed by atoms with E-state index in [1.807, 2.05) is 77.7 Å². The van der Waals surface area contributed by atoms with Gasteiger partial charge < -0.3 is 14.5 Å². The fourth-order valence-electron chi connectivity index (χ4n) is 4.49. The third kappa shape index (κ3) is 5.48. The second-order valence-corrected chi connectivity index (χ2v) is 8.98. The van der Waals surface area contributed by atoms with Crippen molar-refractivity contribution in [3.63, 3.8) is 0 Å². The number of morpholine rings is 1. The summed E-state index contributed by atoms with van der Waals surface area (Å²) in [6, 6.07) is 27.2. The molecule has 8 heteroatoms. The predicted molar refractivity (Wildman–Crippen MR) is 145 cm³/mol. The number of ether oxygens (including phenoxy) is 1. The highest BCUT2D eigenvalue weighted by atomic mass is 16.5. The van der Waals surface area contributed by atoms with E-state index in [0.29, 0.717) is 50.9 Å². The Morgan fingerprint density at radius 3 is 2.16 bits per heavy atom. The molecule has 0 saturated carbocycles. The number of hydrogen-bond donors (Lipinski definition) is 0. The lowest BCUT2D eigenvalue weighted by molar-refractivity contribution is -0.130. The monoisotopic (exact) mass is 505 g/mol. The van der Waals surface area contributed by atoms with Gasteiger partial charge >= 0.3 is 0 Å². The molecule has 0 spiro atoms. The number of benzene rings is 2. The molecule has 8 nitrogen and oxygen atoms in total. The SMILES string of the molecule is N#C/C(=C\c1c(N(Cc2ccccc2)Cc2ccccc2)nc2ccccn2c1=O)C(=O)N1CCOCC1. The van der Waals surface area contributed by atoms with Crippen LogP contribution in [0.25, 0.3) is 11.7 Å². The van der Waals surface area contributed by atoms with Crippen LogP contribution in [0.4, 0.5) is 5.82 Å². The molecule has 0 N–H and O–H groups in total. The van der Waals surface area contributed by atoms with Gasteiger partial charge in [-0.2, -0.15) is 5.26 Å². The molecule has 2 aromatic heterocycles. The Morgan fingerprint density at radius 2 is 1.55 bits per heavy atom. The van der Waals surface area contributed by atoms with Crippen LogP contribution < -0.4 is 10.5 Å². The molecule has 0 atom stereocenters. The van der Waals surface area contributed by atoms with E-state index in [2.05, 4.69) is 0 Å². The number of aromatic nitrogens is 2. The first kappa shape index (κ1) is 24.9. The number of pyridine rings is 1. The van der Waals surface area contributed by atoms with E-state index < -0.39 is 5.91 Å². The number of anilines is 1. The van der Waals surface area contributed by atoms with Gasteiger partial charge in [0.15, 0.2) is 0 Å². The topological polar surface area (TPSA) is 90.9 Å². The molecule has 0 radical (unpaired) electrons. The summed E-state index contributed by atoms with van der Waals surface area (Å²) in [5.41, 5.74) is 2.30. The first-order valence-corrected chi connectivity index (χ1v) is 12.5. The zero-order chi connectivity index (χ0) is 26.3. The van der Waals surface area contributed by atoms with Crippen molar-refractivity contribution in [2.75, 3.05) is 31.2 Å². The van der Waals surface area contributed by atoms with E-state index in [0.717, 1.165) is 11.1 Å². The molecule has 38 heavy (non-hydrogen) atoms. The summed E-state index contributed by atoms with van der Waals surface area (Å²) in [6.45, 7) is 2.58. The first-order valence-electron chi connectivity index (χ1n) is 12.5. The van der Waals surface area contributed by atoms with Crippen LogP contribution in [0.3, 0.4) is 0 Å². The molecule has 1 aliphatic heterocycles. The molecular formula is C30H27N5O3. The van der Waals surface area contributed by atoms with Gasteiger partial charge in [0.25, 0.3) is 11.5 Å². The maximum Gasteiger partial charge on any atom is 0.267 e. The quantitative estimate of drug-likeness (QED) is 0.281. The van der Waals surface area contributed by atoms with Crippen LogP contribution in [0, 0.1) is 11.3 Å². The maximum atomic E-state index is 13.8. The minimum atomic E-state index is -0.419. The lowest BCUT2D eigenvalue weighted by Crippen LogP contribution is -2.41. The summed E-state index contributed by atoms with van der Waals surface area (Å²) in [7, 11) is 0. The number of nitriles is 1. The lowest BCUT2D eigenvalue weighted by Gasteiger charge is -2.27. The number of fused-ring (bicyclic) bond motifs is 1. The van der Waals surface area contributed by atoms with E-state index in [9.17, 15) is 14.9 Å². The van der Waals surface area contributed by atoms with E-state index in [-0.39, 0.29) is 16.7 Å². The van der Waals surface area contributed by atoms with Crippen molar-refractivity contribution in [1.29, 1.82) is 5.26 Å². The molecular weight excluding hydrogens is 478 g/mol. The second-order valence-electron chi connectivity index (χ2n) is 8.98. The van der Waals surface area contributed by atoms with Crippen molar-refractivity contribution in [3.8, 4) is 6.07 Å². The number of carbonyl (C=O) groups is 1. The highest BCUT2D eigenvalue weighted by Crippen LogP contribution is 2.24. The van der Waals surface area contributed by atoms with Gasteiger partial charge in [0.1, 0.15) is 23.1 Å². The van der Waals surface area contributed by atoms with Crippen molar-refractivity contribution in [3.05, 3.63) is 118 Å². The minimum Gasteiger partial charge on any atom is -0.378 e. The molecule has 0 unspecified atom stereocenters. The average Bonchev–Trinajstić information content (AvgIpc) is 2.97. The predicted octanol–water partition coefficient (Wildman–Crippen LogP) is 3.67. The molecule has 190 valence electrons. The van der Waals surface area contributed by atoms with E-state index in [1.165, 1.54) is 10.5 Å².